The molecular formula is C15H19NO. The second kappa shape index (κ2) is 4.63. The van der Waals surface area contributed by atoms with Gasteiger partial charge in [0, 0.05) is 12.6 Å². The van der Waals surface area contributed by atoms with Gasteiger partial charge >= 0.3 is 0 Å². The summed E-state index contributed by atoms with van der Waals surface area (Å²) in [5, 5.41) is 12.6. The molecule has 17 heavy (non-hydrogen) atoms. The van der Waals surface area contributed by atoms with Gasteiger partial charge in [0.05, 0.1) is 6.61 Å². The second-order valence-electron chi connectivity index (χ2n) is 5.20. The minimum Gasteiger partial charge on any atom is -0.392 e. The Labute approximate surface area is 102 Å². The molecule has 1 fully saturated rings. The average molecular weight is 229 g/mol. The molecule has 0 aliphatic heterocycles. The molecule has 0 aromatic heterocycles. The Morgan fingerprint density at radius 3 is 2.65 bits per heavy atom. The van der Waals surface area contributed by atoms with E-state index in [-0.39, 0.29) is 6.61 Å². The zero-order valence-corrected chi connectivity index (χ0v) is 9.97. The van der Waals surface area contributed by atoms with Crippen molar-refractivity contribution in [3.8, 4) is 0 Å². The number of aliphatic hydroxyl groups is 1. The number of hydrogen-bond acceptors (Lipinski definition) is 2. The van der Waals surface area contributed by atoms with Crippen LogP contribution in [0.4, 0.5) is 0 Å². The molecule has 2 N–H and O–H groups in total. The zero-order chi connectivity index (χ0) is 11.7. The molecule has 3 rings (SSSR count). The summed E-state index contributed by atoms with van der Waals surface area (Å²) in [6.45, 7) is 1.07. The van der Waals surface area contributed by atoms with Gasteiger partial charge in [-0.1, -0.05) is 36.4 Å². The molecule has 2 aliphatic carbocycles. The van der Waals surface area contributed by atoms with Gasteiger partial charge in [-0.15, -0.1) is 0 Å². The fourth-order valence-corrected chi connectivity index (χ4v) is 2.96. The van der Waals surface area contributed by atoms with Gasteiger partial charge in [0.2, 0.25) is 0 Å². The van der Waals surface area contributed by atoms with Gasteiger partial charge in [0.1, 0.15) is 0 Å². The molecule has 90 valence electrons. The van der Waals surface area contributed by atoms with E-state index in [4.69, 9.17) is 5.11 Å². The molecule has 3 atom stereocenters. The first-order valence-electron chi connectivity index (χ1n) is 6.45. The third-order valence-corrected chi connectivity index (χ3v) is 4.14. The lowest BCUT2D eigenvalue weighted by atomic mass is 9.71. The lowest BCUT2D eigenvalue weighted by Gasteiger charge is -2.40. The average Bonchev–Trinajstić information content (AvgIpc) is 2.72. The SMILES string of the molecule is OCc1ccc(CNC2CC3CC=CC32)cc1. The van der Waals surface area contributed by atoms with Crippen molar-refractivity contribution in [2.24, 2.45) is 11.8 Å². The minimum absolute atomic E-state index is 0.130. The first-order valence-corrected chi connectivity index (χ1v) is 6.45. The van der Waals surface area contributed by atoms with E-state index in [9.17, 15) is 0 Å². The molecule has 0 bridgehead atoms. The first kappa shape index (κ1) is 11.0. The predicted octanol–water partition coefficient (Wildman–Crippen LogP) is 2.23. The van der Waals surface area contributed by atoms with Crippen molar-refractivity contribution >= 4 is 0 Å². The maximum absolute atomic E-state index is 8.97. The van der Waals surface area contributed by atoms with Crippen molar-refractivity contribution in [3.05, 3.63) is 47.5 Å². The van der Waals surface area contributed by atoms with Crippen molar-refractivity contribution < 1.29 is 5.11 Å². The summed E-state index contributed by atoms with van der Waals surface area (Å²) in [5.74, 6) is 1.70. The van der Waals surface area contributed by atoms with Crippen LogP contribution in [0.15, 0.2) is 36.4 Å². The van der Waals surface area contributed by atoms with Crippen LogP contribution in [-0.2, 0) is 13.2 Å². The molecule has 0 spiro atoms. The van der Waals surface area contributed by atoms with Crippen LogP contribution in [0.5, 0.6) is 0 Å². The Balaban J connectivity index is 1.52. The molecule has 0 heterocycles. The van der Waals surface area contributed by atoms with E-state index in [2.05, 4.69) is 29.6 Å². The van der Waals surface area contributed by atoms with Gasteiger partial charge in [-0.2, -0.15) is 0 Å². The highest BCUT2D eigenvalue weighted by Gasteiger charge is 2.40. The van der Waals surface area contributed by atoms with Gasteiger partial charge in [0.25, 0.3) is 0 Å². The van der Waals surface area contributed by atoms with Crippen molar-refractivity contribution in [1.82, 2.24) is 5.32 Å². The monoisotopic (exact) mass is 229 g/mol. The van der Waals surface area contributed by atoms with Crippen molar-refractivity contribution in [2.45, 2.75) is 32.0 Å². The zero-order valence-electron chi connectivity index (χ0n) is 9.97. The van der Waals surface area contributed by atoms with E-state index in [1.165, 1.54) is 18.4 Å². The van der Waals surface area contributed by atoms with Crippen molar-refractivity contribution in [3.63, 3.8) is 0 Å². The highest BCUT2D eigenvalue weighted by atomic mass is 16.3. The third-order valence-electron chi connectivity index (χ3n) is 4.14. The highest BCUT2D eigenvalue weighted by Crippen LogP contribution is 2.42. The van der Waals surface area contributed by atoms with E-state index >= 15 is 0 Å². The molecule has 0 radical (unpaired) electrons. The van der Waals surface area contributed by atoms with Crippen molar-refractivity contribution in [2.75, 3.05) is 0 Å². The lowest BCUT2D eigenvalue weighted by molar-refractivity contribution is 0.162. The maximum atomic E-state index is 8.97. The normalized spacial score (nSPS) is 30.1. The summed E-state index contributed by atoms with van der Waals surface area (Å²) in [4.78, 5) is 0. The predicted molar refractivity (Wildman–Crippen MR) is 68.3 cm³/mol. The standard InChI is InChI=1S/C15H19NO/c17-10-12-6-4-11(5-7-12)9-16-15-8-13-2-1-3-14(13)15/h1,3-7,13-17H,2,8-10H2. The number of hydrogen-bond donors (Lipinski definition) is 2. The first-order chi connectivity index (χ1) is 8.36. The Morgan fingerprint density at radius 1 is 1.18 bits per heavy atom. The number of nitrogens with one attached hydrogen (secondary N) is 1. The number of rotatable bonds is 4. The van der Waals surface area contributed by atoms with Crippen LogP contribution in [0.25, 0.3) is 0 Å². The van der Waals surface area contributed by atoms with E-state index in [1.54, 1.807) is 0 Å². The van der Waals surface area contributed by atoms with Crippen LogP contribution in [0.3, 0.4) is 0 Å². The summed E-state index contributed by atoms with van der Waals surface area (Å²) in [6, 6.07) is 8.86. The van der Waals surface area contributed by atoms with Crippen LogP contribution in [-0.4, -0.2) is 11.1 Å². The van der Waals surface area contributed by atoms with Gasteiger partial charge in [-0.25, -0.2) is 0 Å². The van der Waals surface area contributed by atoms with Crippen LogP contribution in [0, 0.1) is 11.8 Å². The molecule has 1 saturated carbocycles. The molecule has 2 aliphatic rings. The number of benzene rings is 1. The maximum Gasteiger partial charge on any atom is 0.0681 e. The van der Waals surface area contributed by atoms with Crippen LogP contribution in [0.2, 0.25) is 0 Å². The Morgan fingerprint density at radius 2 is 1.94 bits per heavy atom. The lowest BCUT2D eigenvalue weighted by Crippen LogP contribution is -2.47. The van der Waals surface area contributed by atoms with Gasteiger partial charge in [0.15, 0.2) is 0 Å². The minimum atomic E-state index is 0.130. The molecule has 0 amide bonds. The fourth-order valence-electron chi connectivity index (χ4n) is 2.96. The Hall–Kier alpha value is -1.12. The largest absolute Gasteiger partial charge is 0.392 e. The summed E-state index contributed by atoms with van der Waals surface area (Å²) < 4.78 is 0. The van der Waals surface area contributed by atoms with E-state index in [0.29, 0.717) is 6.04 Å². The van der Waals surface area contributed by atoms with E-state index < -0.39 is 0 Å². The van der Waals surface area contributed by atoms with Crippen LogP contribution in [0.1, 0.15) is 24.0 Å². The molecule has 3 unspecified atom stereocenters. The summed E-state index contributed by atoms with van der Waals surface area (Å²) in [5.41, 5.74) is 2.28. The number of fused-ring (bicyclic) bond motifs is 1. The van der Waals surface area contributed by atoms with Gasteiger partial charge in [-0.3, -0.25) is 0 Å². The second-order valence-corrected chi connectivity index (χ2v) is 5.20. The van der Waals surface area contributed by atoms with E-state index in [0.717, 1.165) is 23.9 Å². The van der Waals surface area contributed by atoms with Crippen LogP contribution >= 0.6 is 0 Å². The van der Waals surface area contributed by atoms with Gasteiger partial charge < -0.3 is 10.4 Å². The van der Waals surface area contributed by atoms with E-state index in [1.807, 2.05) is 12.1 Å². The molecule has 1 aromatic carbocycles. The molecular weight excluding hydrogens is 210 g/mol. The number of aliphatic hydroxyl groups excluding tert-OH is 1. The van der Waals surface area contributed by atoms with Crippen molar-refractivity contribution in [1.29, 1.82) is 0 Å². The van der Waals surface area contributed by atoms with Crippen LogP contribution < -0.4 is 5.32 Å². The Kier molecular flexibility index (Phi) is 3.00. The summed E-state index contributed by atoms with van der Waals surface area (Å²) in [7, 11) is 0. The third kappa shape index (κ3) is 2.15. The molecule has 2 heteroatoms. The topological polar surface area (TPSA) is 32.3 Å². The van der Waals surface area contributed by atoms with Gasteiger partial charge in [-0.05, 0) is 35.8 Å². The molecule has 2 nitrogen and oxygen atoms in total. The smallest absolute Gasteiger partial charge is 0.0681 e. The Bertz CT molecular complexity index is 409. The quantitative estimate of drug-likeness (QED) is 0.776. The fraction of sp³-hybridized carbons (Fsp3) is 0.467. The summed E-state index contributed by atoms with van der Waals surface area (Å²) in [6.07, 6.45) is 7.31. The number of allylic oxidation sites excluding steroid dienone is 1. The molecule has 0 saturated heterocycles. The summed E-state index contributed by atoms with van der Waals surface area (Å²) >= 11 is 0. The highest BCUT2D eigenvalue weighted by molar-refractivity contribution is 5.22. The molecule has 1 aromatic rings.